The third-order valence-electron chi connectivity index (χ3n) is 6.12. The van der Waals surface area contributed by atoms with Gasteiger partial charge in [-0.05, 0) is 17.7 Å². The molecule has 3 aromatic rings. The maximum atomic E-state index is 13.3. The molecule has 2 N–H and O–H groups in total. The summed E-state index contributed by atoms with van der Waals surface area (Å²) in [5.74, 6) is -0.789. The Hall–Kier alpha value is -4.18. The van der Waals surface area contributed by atoms with E-state index in [1.54, 1.807) is 25.1 Å². The van der Waals surface area contributed by atoms with Crippen LogP contribution in [0, 0.1) is 0 Å². The number of hydrogen-bond donors (Lipinski definition) is 2. The molecule has 3 aromatic carbocycles. The van der Waals surface area contributed by atoms with Crippen LogP contribution in [0.5, 0.6) is 34.5 Å². The molecule has 0 heterocycles. The van der Waals surface area contributed by atoms with Gasteiger partial charge in [0.25, 0.3) is 0 Å². The molecule has 3 rings (SSSR count). The van der Waals surface area contributed by atoms with Crippen molar-refractivity contribution in [3.05, 3.63) is 34.9 Å². The van der Waals surface area contributed by atoms with E-state index in [0.717, 1.165) is 0 Å². The predicted octanol–water partition coefficient (Wildman–Crippen LogP) is 4.13. The maximum Gasteiger partial charge on any atom is 0.339 e. The minimum Gasteiger partial charge on any atom is -0.506 e. The largest absolute Gasteiger partial charge is 0.506 e. The van der Waals surface area contributed by atoms with Crippen molar-refractivity contribution in [2.24, 2.45) is 0 Å². The molecular weight excluding hydrogens is 484 g/mol. The number of ketones is 1. The molecule has 10 heteroatoms. The lowest BCUT2D eigenvalue weighted by Gasteiger charge is -2.24. The second-order valence-electron chi connectivity index (χ2n) is 7.80. The fourth-order valence-corrected chi connectivity index (χ4v) is 4.51. The Bertz CT molecular complexity index is 1360. The van der Waals surface area contributed by atoms with Gasteiger partial charge in [0.05, 0.1) is 60.4 Å². The van der Waals surface area contributed by atoms with Crippen LogP contribution in [-0.4, -0.2) is 64.6 Å². The molecule has 0 saturated heterocycles. The standard InChI is InChI=1S/C27H30O10/c1-8-15(29)20-22(27(31)37-7)18(13-9-10-16(32-2)17(11-13)33-3)21-19(23(20)30)14(12-28)24(34-4)26(36-6)25(21)35-5/h9-11,28,30H,8,12H2,1-7H3. The third kappa shape index (κ3) is 4.33. The average Bonchev–Trinajstić information content (AvgIpc) is 2.93. The summed E-state index contributed by atoms with van der Waals surface area (Å²) in [4.78, 5) is 26.5. The van der Waals surface area contributed by atoms with Gasteiger partial charge in [-0.15, -0.1) is 0 Å². The van der Waals surface area contributed by atoms with Crippen LogP contribution in [-0.2, 0) is 11.3 Å². The van der Waals surface area contributed by atoms with Crippen LogP contribution in [0.1, 0.15) is 39.6 Å². The summed E-state index contributed by atoms with van der Waals surface area (Å²) in [7, 11) is 8.26. The molecule has 0 aliphatic heterocycles. The number of phenols is 1. The smallest absolute Gasteiger partial charge is 0.339 e. The molecule has 0 unspecified atom stereocenters. The Morgan fingerprint density at radius 1 is 0.784 bits per heavy atom. The first-order chi connectivity index (χ1) is 17.8. The van der Waals surface area contributed by atoms with Gasteiger partial charge in [0.1, 0.15) is 5.75 Å². The van der Waals surface area contributed by atoms with Gasteiger partial charge in [0.2, 0.25) is 5.75 Å². The molecule has 0 aliphatic carbocycles. The van der Waals surface area contributed by atoms with Crippen molar-refractivity contribution in [2.75, 3.05) is 42.7 Å². The Morgan fingerprint density at radius 2 is 1.41 bits per heavy atom. The van der Waals surface area contributed by atoms with Crippen molar-refractivity contribution in [2.45, 2.75) is 20.0 Å². The number of hydrogen-bond acceptors (Lipinski definition) is 10. The Balaban J connectivity index is 2.82. The summed E-state index contributed by atoms with van der Waals surface area (Å²) in [5, 5.41) is 22.1. The van der Waals surface area contributed by atoms with Crippen LogP contribution in [0.25, 0.3) is 21.9 Å². The van der Waals surface area contributed by atoms with E-state index < -0.39 is 24.1 Å². The predicted molar refractivity (Wildman–Crippen MR) is 136 cm³/mol. The van der Waals surface area contributed by atoms with E-state index in [1.807, 2.05) is 0 Å². The molecule has 0 amide bonds. The quantitative estimate of drug-likeness (QED) is 0.301. The average molecular weight is 515 g/mol. The van der Waals surface area contributed by atoms with Gasteiger partial charge in [-0.2, -0.15) is 0 Å². The molecule has 0 spiro atoms. The van der Waals surface area contributed by atoms with E-state index in [4.69, 9.17) is 28.4 Å². The normalized spacial score (nSPS) is 10.7. The Kier molecular flexibility index (Phi) is 8.34. The van der Waals surface area contributed by atoms with Gasteiger partial charge in [-0.25, -0.2) is 4.79 Å². The number of fused-ring (bicyclic) bond motifs is 1. The van der Waals surface area contributed by atoms with Crippen LogP contribution in [0.3, 0.4) is 0 Å². The van der Waals surface area contributed by atoms with Crippen LogP contribution >= 0.6 is 0 Å². The zero-order valence-electron chi connectivity index (χ0n) is 21.8. The molecule has 0 bridgehead atoms. The second kappa shape index (κ2) is 11.3. The SMILES string of the molecule is CCC(=O)c1c(C(=O)OC)c(-c2ccc(OC)c(OC)c2)c2c(OC)c(OC)c(OC)c(CO)c2c1O. The van der Waals surface area contributed by atoms with E-state index in [2.05, 4.69) is 0 Å². The van der Waals surface area contributed by atoms with Crippen molar-refractivity contribution in [1.82, 2.24) is 0 Å². The van der Waals surface area contributed by atoms with E-state index in [-0.39, 0.29) is 56.7 Å². The number of aliphatic hydroxyl groups is 1. The fraction of sp³-hybridized carbons (Fsp3) is 0.333. The van der Waals surface area contributed by atoms with Crippen molar-refractivity contribution in [3.63, 3.8) is 0 Å². The van der Waals surface area contributed by atoms with Crippen LogP contribution < -0.4 is 23.7 Å². The minimum atomic E-state index is -0.860. The van der Waals surface area contributed by atoms with Gasteiger partial charge >= 0.3 is 5.97 Å². The number of Topliss-reactive ketones (excluding diaryl/α,β-unsaturated/α-hetero) is 1. The number of aliphatic hydroxyl groups excluding tert-OH is 1. The molecule has 10 nitrogen and oxygen atoms in total. The highest BCUT2D eigenvalue weighted by molar-refractivity contribution is 6.22. The first-order valence-corrected chi connectivity index (χ1v) is 11.3. The lowest BCUT2D eigenvalue weighted by Crippen LogP contribution is -2.14. The van der Waals surface area contributed by atoms with Gasteiger partial charge < -0.3 is 38.6 Å². The number of methoxy groups -OCH3 is 6. The number of ether oxygens (including phenoxy) is 6. The highest BCUT2D eigenvalue weighted by Gasteiger charge is 2.35. The molecule has 0 radical (unpaired) electrons. The molecule has 37 heavy (non-hydrogen) atoms. The summed E-state index contributed by atoms with van der Waals surface area (Å²) in [6.45, 7) is 1.02. The number of carbonyl (C=O) groups excluding carboxylic acids is 2. The lowest BCUT2D eigenvalue weighted by atomic mass is 9.84. The molecule has 0 aliphatic rings. The first kappa shape index (κ1) is 27.4. The van der Waals surface area contributed by atoms with Crippen LogP contribution in [0.2, 0.25) is 0 Å². The Morgan fingerprint density at radius 3 is 1.89 bits per heavy atom. The topological polar surface area (TPSA) is 130 Å². The number of carbonyl (C=O) groups is 2. The highest BCUT2D eigenvalue weighted by Crippen LogP contribution is 2.55. The molecule has 198 valence electrons. The fourth-order valence-electron chi connectivity index (χ4n) is 4.51. The van der Waals surface area contributed by atoms with Crippen molar-refractivity contribution < 1.29 is 48.2 Å². The van der Waals surface area contributed by atoms with Gasteiger partial charge in [-0.3, -0.25) is 4.79 Å². The molecular formula is C27H30O10. The number of rotatable bonds is 10. The first-order valence-electron chi connectivity index (χ1n) is 11.3. The summed E-state index contributed by atoms with van der Waals surface area (Å²) < 4.78 is 32.7. The van der Waals surface area contributed by atoms with Crippen LogP contribution in [0.15, 0.2) is 18.2 Å². The maximum absolute atomic E-state index is 13.3. The molecule has 0 aromatic heterocycles. The second-order valence-corrected chi connectivity index (χ2v) is 7.80. The lowest BCUT2D eigenvalue weighted by molar-refractivity contribution is 0.0597. The van der Waals surface area contributed by atoms with E-state index in [0.29, 0.717) is 17.1 Å². The number of benzene rings is 3. The summed E-state index contributed by atoms with van der Waals surface area (Å²) in [6.07, 6.45) is -0.0205. The van der Waals surface area contributed by atoms with Gasteiger partial charge in [0, 0.05) is 28.3 Å². The number of aromatic hydroxyl groups is 1. The minimum absolute atomic E-state index is 0.0205. The number of esters is 1. The number of phenolic OH excluding ortho intramolecular Hbond substituents is 1. The van der Waals surface area contributed by atoms with Gasteiger partial charge in [0.15, 0.2) is 28.8 Å². The van der Waals surface area contributed by atoms with E-state index in [1.165, 1.54) is 42.7 Å². The van der Waals surface area contributed by atoms with Crippen molar-refractivity contribution in [1.29, 1.82) is 0 Å². The van der Waals surface area contributed by atoms with E-state index in [9.17, 15) is 19.8 Å². The summed E-state index contributed by atoms with van der Waals surface area (Å²) >= 11 is 0. The zero-order chi connectivity index (χ0) is 27.4. The van der Waals surface area contributed by atoms with Crippen molar-refractivity contribution >= 4 is 22.5 Å². The molecule has 0 fully saturated rings. The monoisotopic (exact) mass is 514 g/mol. The third-order valence-corrected chi connectivity index (χ3v) is 6.12. The molecule has 0 atom stereocenters. The van der Waals surface area contributed by atoms with Crippen molar-refractivity contribution in [3.8, 4) is 45.6 Å². The van der Waals surface area contributed by atoms with E-state index >= 15 is 0 Å². The zero-order valence-corrected chi connectivity index (χ0v) is 21.8. The highest BCUT2D eigenvalue weighted by atomic mass is 16.5. The Labute approximate surface area is 214 Å². The summed E-state index contributed by atoms with van der Waals surface area (Å²) in [6, 6.07) is 4.91. The molecule has 0 saturated carbocycles. The van der Waals surface area contributed by atoms with Gasteiger partial charge in [-0.1, -0.05) is 13.0 Å². The summed E-state index contributed by atoms with van der Waals surface area (Å²) in [5.41, 5.74) is 0.319. The van der Waals surface area contributed by atoms with Crippen LogP contribution in [0.4, 0.5) is 0 Å².